The molecule has 2 atom stereocenters. The number of hydrogen-bond donors (Lipinski definition) is 3. The molecule has 0 radical (unpaired) electrons. The summed E-state index contributed by atoms with van der Waals surface area (Å²) in [4.78, 5) is 23.1. The van der Waals surface area contributed by atoms with E-state index in [1.807, 2.05) is 6.07 Å². The van der Waals surface area contributed by atoms with E-state index in [1.54, 1.807) is 12.1 Å². The molecule has 2 unspecified atom stereocenters. The molecule has 1 aromatic rings. The van der Waals surface area contributed by atoms with Crippen molar-refractivity contribution in [2.75, 3.05) is 0 Å². The fraction of sp³-hybridized carbons (Fsp3) is 0.579. The Morgan fingerprint density at radius 2 is 1.68 bits per heavy atom. The Hall–Kier alpha value is -2.11. The van der Waals surface area contributed by atoms with Crippen molar-refractivity contribution in [2.24, 2.45) is 5.92 Å². The summed E-state index contributed by atoms with van der Waals surface area (Å²) < 4.78 is 13.3. The van der Waals surface area contributed by atoms with Gasteiger partial charge in [-0.2, -0.15) is 0 Å². The van der Waals surface area contributed by atoms with Crippen LogP contribution < -0.4 is 10.6 Å². The van der Waals surface area contributed by atoms with Gasteiger partial charge in [-0.25, -0.2) is 9.18 Å². The Balaban J connectivity index is 1.43. The number of carboxylic acids is 1. The maximum absolute atomic E-state index is 13.3. The van der Waals surface area contributed by atoms with E-state index in [-0.39, 0.29) is 35.8 Å². The number of halogens is 1. The molecule has 3 N–H and O–H groups in total. The Labute approximate surface area is 147 Å². The lowest BCUT2D eigenvalue weighted by Crippen LogP contribution is -2.47. The van der Waals surface area contributed by atoms with Crippen LogP contribution in [-0.4, -0.2) is 29.2 Å². The highest BCUT2D eigenvalue weighted by Crippen LogP contribution is 2.34. The van der Waals surface area contributed by atoms with Crippen molar-refractivity contribution in [2.45, 2.75) is 62.9 Å². The van der Waals surface area contributed by atoms with Gasteiger partial charge in [0.2, 0.25) is 0 Å². The Bertz CT molecular complexity index is 629. The molecular weight excluding hydrogens is 323 g/mol. The van der Waals surface area contributed by atoms with Crippen LogP contribution in [0.5, 0.6) is 0 Å². The van der Waals surface area contributed by atoms with Gasteiger partial charge in [0.25, 0.3) is 0 Å². The van der Waals surface area contributed by atoms with Gasteiger partial charge in [-0.05, 0) is 68.6 Å². The Morgan fingerprint density at radius 1 is 1.00 bits per heavy atom. The van der Waals surface area contributed by atoms with Crippen molar-refractivity contribution < 1.29 is 19.1 Å². The molecule has 2 saturated carbocycles. The molecule has 5 nitrogen and oxygen atoms in total. The SMILES string of the molecule is O=C(NC1CCC(C(=O)O)CC1)NC1CCC(c2cccc(F)c2)C1. The molecule has 6 heteroatoms. The molecule has 0 heterocycles. The first kappa shape index (κ1) is 17.7. The molecular formula is C19H25FN2O3. The highest BCUT2D eigenvalue weighted by atomic mass is 19.1. The first-order valence-electron chi connectivity index (χ1n) is 9.06. The first-order valence-corrected chi connectivity index (χ1v) is 9.06. The highest BCUT2D eigenvalue weighted by molar-refractivity contribution is 5.75. The number of rotatable bonds is 4. The van der Waals surface area contributed by atoms with Gasteiger partial charge >= 0.3 is 12.0 Å². The molecule has 1 aromatic carbocycles. The number of carbonyl (C=O) groups excluding carboxylic acids is 1. The second-order valence-electron chi connectivity index (χ2n) is 7.27. The third-order valence-corrected chi connectivity index (χ3v) is 5.50. The van der Waals surface area contributed by atoms with Crippen molar-refractivity contribution in [3.05, 3.63) is 35.6 Å². The molecule has 2 aliphatic rings. The van der Waals surface area contributed by atoms with Gasteiger partial charge < -0.3 is 15.7 Å². The predicted octanol–water partition coefficient (Wildman–Crippen LogP) is 3.40. The van der Waals surface area contributed by atoms with Crippen LogP contribution in [0.15, 0.2) is 24.3 Å². The van der Waals surface area contributed by atoms with E-state index in [2.05, 4.69) is 10.6 Å². The average Bonchev–Trinajstić information content (AvgIpc) is 3.03. The van der Waals surface area contributed by atoms with Gasteiger partial charge in [0.1, 0.15) is 5.82 Å². The zero-order valence-electron chi connectivity index (χ0n) is 14.2. The lowest BCUT2D eigenvalue weighted by atomic mass is 9.86. The highest BCUT2D eigenvalue weighted by Gasteiger charge is 2.29. The van der Waals surface area contributed by atoms with Crippen molar-refractivity contribution in [1.29, 1.82) is 0 Å². The van der Waals surface area contributed by atoms with Gasteiger partial charge in [-0.3, -0.25) is 4.79 Å². The van der Waals surface area contributed by atoms with E-state index < -0.39 is 5.97 Å². The third kappa shape index (κ3) is 4.71. The van der Waals surface area contributed by atoms with E-state index >= 15 is 0 Å². The summed E-state index contributed by atoms with van der Waals surface area (Å²) >= 11 is 0. The number of amides is 2. The van der Waals surface area contributed by atoms with Crippen LogP contribution in [0, 0.1) is 11.7 Å². The lowest BCUT2D eigenvalue weighted by molar-refractivity contribution is -0.142. The van der Waals surface area contributed by atoms with Crippen LogP contribution in [0.3, 0.4) is 0 Å². The number of urea groups is 1. The van der Waals surface area contributed by atoms with Gasteiger partial charge in [0, 0.05) is 12.1 Å². The molecule has 0 aromatic heterocycles. The topological polar surface area (TPSA) is 78.4 Å². The summed E-state index contributed by atoms with van der Waals surface area (Å²) in [6, 6.07) is 6.67. The molecule has 0 bridgehead atoms. The number of carboxylic acid groups (broad SMARTS) is 1. The largest absolute Gasteiger partial charge is 0.481 e. The predicted molar refractivity (Wildman–Crippen MR) is 91.8 cm³/mol. The van der Waals surface area contributed by atoms with E-state index in [1.165, 1.54) is 6.07 Å². The summed E-state index contributed by atoms with van der Waals surface area (Å²) in [7, 11) is 0. The number of benzene rings is 1. The van der Waals surface area contributed by atoms with Crippen LogP contribution in [0.4, 0.5) is 9.18 Å². The van der Waals surface area contributed by atoms with Crippen LogP contribution in [0.2, 0.25) is 0 Å². The normalized spacial score (nSPS) is 29.2. The lowest BCUT2D eigenvalue weighted by Gasteiger charge is -2.27. The maximum Gasteiger partial charge on any atom is 0.315 e. The number of carbonyl (C=O) groups is 2. The summed E-state index contributed by atoms with van der Waals surface area (Å²) in [5.41, 5.74) is 0.997. The van der Waals surface area contributed by atoms with Crippen molar-refractivity contribution in [1.82, 2.24) is 10.6 Å². The van der Waals surface area contributed by atoms with Gasteiger partial charge in [0.15, 0.2) is 0 Å². The Kier molecular flexibility index (Phi) is 5.56. The molecule has 3 rings (SSSR count). The third-order valence-electron chi connectivity index (χ3n) is 5.50. The molecule has 0 aliphatic heterocycles. The summed E-state index contributed by atoms with van der Waals surface area (Å²) in [5.74, 6) is -0.948. The molecule has 0 spiro atoms. The summed E-state index contributed by atoms with van der Waals surface area (Å²) in [6.45, 7) is 0. The zero-order valence-corrected chi connectivity index (χ0v) is 14.2. The number of hydrogen-bond acceptors (Lipinski definition) is 2. The van der Waals surface area contributed by atoms with E-state index in [0.717, 1.165) is 24.8 Å². The fourth-order valence-electron chi connectivity index (χ4n) is 4.07. The zero-order chi connectivity index (χ0) is 17.8. The standard InChI is InChI=1S/C19H25FN2O3/c20-15-3-1-2-13(10-15)14-6-9-17(11-14)22-19(25)21-16-7-4-12(5-8-16)18(23)24/h1-3,10,12,14,16-17H,4-9,11H2,(H,23,24)(H2,21,22,25). The second kappa shape index (κ2) is 7.85. The minimum absolute atomic E-state index is 0.0519. The summed E-state index contributed by atoms with van der Waals surface area (Å²) in [5, 5.41) is 15.0. The van der Waals surface area contributed by atoms with Crippen molar-refractivity contribution in [3.8, 4) is 0 Å². The molecule has 0 saturated heterocycles. The van der Waals surface area contributed by atoms with Crippen molar-refractivity contribution in [3.63, 3.8) is 0 Å². The summed E-state index contributed by atoms with van der Waals surface area (Å²) in [6.07, 6.45) is 5.31. The monoisotopic (exact) mass is 348 g/mol. The average molecular weight is 348 g/mol. The molecule has 136 valence electrons. The van der Waals surface area contributed by atoms with Crippen molar-refractivity contribution >= 4 is 12.0 Å². The number of nitrogens with one attached hydrogen (secondary N) is 2. The van der Waals surface area contributed by atoms with E-state index in [0.29, 0.717) is 25.7 Å². The van der Waals surface area contributed by atoms with Gasteiger partial charge in [-0.1, -0.05) is 12.1 Å². The minimum Gasteiger partial charge on any atom is -0.481 e. The quantitative estimate of drug-likeness (QED) is 0.780. The molecule has 2 aliphatic carbocycles. The van der Waals surface area contributed by atoms with Crippen LogP contribution in [0.1, 0.15) is 56.4 Å². The first-order chi connectivity index (χ1) is 12.0. The van der Waals surface area contributed by atoms with Crippen LogP contribution in [0.25, 0.3) is 0 Å². The second-order valence-corrected chi connectivity index (χ2v) is 7.27. The minimum atomic E-state index is -0.739. The van der Waals surface area contributed by atoms with Crippen LogP contribution >= 0.6 is 0 Å². The Morgan fingerprint density at radius 3 is 2.36 bits per heavy atom. The maximum atomic E-state index is 13.3. The molecule has 2 amide bonds. The molecule has 25 heavy (non-hydrogen) atoms. The van der Waals surface area contributed by atoms with E-state index in [4.69, 9.17) is 5.11 Å². The molecule has 2 fully saturated rings. The number of aliphatic carboxylic acids is 1. The van der Waals surface area contributed by atoms with Gasteiger partial charge in [0.05, 0.1) is 5.92 Å². The van der Waals surface area contributed by atoms with Crippen LogP contribution in [-0.2, 0) is 4.79 Å². The van der Waals surface area contributed by atoms with Gasteiger partial charge in [-0.15, -0.1) is 0 Å². The van der Waals surface area contributed by atoms with E-state index in [9.17, 15) is 14.0 Å². The fourth-order valence-corrected chi connectivity index (χ4v) is 4.07. The smallest absolute Gasteiger partial charge is 0.315 e.